The number of primary amides is 1. The number of hydrogen-bond acceptors (Lipinski definition) is 5. The van der Waals surface area contributed by atoms with Gasteiger partial charge in [-0.3, -0.25) is 4.79 Å². The van der Waals surface area contributed by atoms with Crippen molar-refractivity contribution in [3.8, 4) is 23.1 Å². The van der Waals surface area contributed by atoms with E-state index < -0.39 is 17.9 Å². The topological polar surface area (TPSA) is 92.3 Å². The lowest BCUT2D eigenvalue weighted by atomic mass is 9.98. The maximum Gasteiger partial charge on any atom is 0.290 e. The third-order valence-corrected chi connectivity index (χ3v) is 5.85. The highest BCUT2D eigenvalue weighted by Gasteiger charge is 2.44. The van der Waals surface area contributed by atoms with Gasteiger partial charge in [0.2, 0.25) is 11.9 Å². The van der Waals surface area contributed by atoms with E-state index in [-0.39, 0.29) is 43.1 Å². The molecular weight excluding hydrogens is 426 g/mol. The highest BCUT2D eigenvalue weighted by Crippen LogP contribution is 2.44. The van der Waals surface area contributed by atoms with Crippen LogP contribution in [0.5, 0.6) is 0 Å². The number of benzene rings is 2. The number of carbonyl (C=O) groups is 1. The normalized spacial score (nSPS) is 16.5. The highest BCUT2D eigenvalue weighted by atomic mass is 19.3. The van der Waals surface area contributed by atoms with Gasteiger partial charge in [0, 0.05) is 41.8 Å². The zero-order chi connectivity index (χ0) is 23.2. The van der Waals surface area contributed by atoms with Gasteiger partial charge in [-0.1, -0.05) is 36.1 Å². The van der Waals surface area contributed by atoms with Crippen molar-refractivity contribution in [2.45, 2.75) is 24.9 Å². The number of halogens is 2. The highest BCUT2D eigenvalue weighted by molar-refractivity contribution is 5.96. The maximum atomic E-state index is 14.6. The number of fused-ring (bicyclic) bond motifs is 1. The quantitative estimate of drug-likeness (QED) is 0.604. The molecule has 1 saturated heterocycles. The molecule has 0 saturated carbocycles. The second kappa shape index (κ2) is 7.94. The third-order valence-electron chi connectivity index (χ3n) is 5.85. The van der Waals surface area contributed by atoms with Crippen LogP contribution in [0.2, 0.25) is 0 Å². The van der Waals surface area contributed by atoms with Crippen molar-refractivity contribution in [2.24, 2.45) is 5.73 Å². The molecule has 0 atom stereocenters. The molecule has 5 rings (SSSR count). The molecule has 1 amide bonds. The number of aliphatic hydroxyl groups is 1. The van der Waals surface area contributed by atoms with Crippen molar-refractivity contribution in [3.05, 3.63) is 76.5 Å². The summed E-state index contributed by atoms with van der Waals surface area (Å²) in [7, 11) is 0. The summed E-state index contributed by atoms with van der Waals surface area (Å²) in [5.41, 5.74) is 7.98. The Morgan fingerprint density at radius 3 is 2.58 bits per heavy atom. The fourth-order valence-electron chi connectivity index (χ4n) is 4.08. The van der Waals surface area contributed by atoms with Crippen LogP contribution in [-0.2, 0) is 12.3 Å². The lowest BCUT2D eigenvalue weighted by Gasteiger charge is -2.36. The summed E-state index contributed by atoms with van der Waals surface area (Å²) >= 11 is 0. The van der Waals surface area contributed by atoms with Crippen molar-refractivity contribution < 1.29 is 18.7 Å². The summed E-state index contributed by atoms with van der Waals surface area (Å²) in [6.07, 6.45) is -0.722. The zero-order valence-electron chi connectivity index (χ0n) is 17.6. The first-order chi connectivity index (χ1) is 15.8. The van der Waals surface area contributed by atoms with Gasteiger partial charge in [0.15, 0.2) is 0 Å². The molecule has 0 spiro atoms. The average molecular weight is 446 g/mol. The summed E-state index contributed by atoms with van der Waals surface area (Å²) in [6.45, 7) is 0.580. The van der Waals surface area contributed by atoms with Crippen molar-refractivity contribution >= 4 is 11.9 Å². The number of alkyl halides is 2. The SMILES string of the molecule is NC(=O)c1ccc(-c2nc(N3CC(O)C3)nc3c2CCC3(F)F)cc1C#Cc1ccccc1. The Hall–Kier alpha value is -3.83. The molecule has 6 nitrogen and oxygen atoms in total. The third kappa shape index (κ3) is 3.92. The minimum atomic E-state index is -3.05. The first kappa shape index (κ1) is 21.0. The Balaban J connectivity index is 1.64. The molecule has 2 aliphatic rings. The van der Waals surface area contributed by atoms with Crippen LogP contribution in [-0.4, -0.2) is 40.2 Å². The van der Waals surface area contributed by atoms with E-state index in [4.69, 9.17) is 5.73 Å². The second-order valence-corrected chi connectivity index (χ2v) is 8.20. The minimum absolute atomic E-state index is 0.142. The summed E-state index contributed by atoms with van der Waals surface area (Å²) in [6, 6.07) is 14.1. The van der Waals surface area contributed by atoms with Crippen molar-refractivity contribution in [2.75, 3.05) is 18.0 Å². The largest absolute Gasteiger partial charge is 0.389 e. The molecule has 2 heterocycles. The fourth-order valence-corrected chi connectivity index (χ4v) is 4.08. The van der Waals surface area contributed by atoms with Crippen LogP contribution < -0.4 is 10.6 Å². The number of anilines is 1. The first-order valence-electron chi connectivity index (χ1n) is 10.6. The predicted molar refractivity (Wildman–Crippen MR) is 119 cm³/mol. The van der Waals surface area contributed by atoms with Gasteiger partial charge in [-0.2, -0.15) is 8.78 Å². The first-order valence-corrected chi connectivity index (χ1v) is 10.6. The van der Waals surface area contributed by atoms with Crippen molar-refractivity contribution in [1.82, 2.24) is 9.97 Å². The van der Waals surface area contributed by atoms with E-state index >= 15 is 0 Å². The van der Waals surface area contributed by atoms with Gasteiger partial charge in [0.1, 0.15) is 5.69 Å². The second-order valence-electron chi connectivity index (χ2n) is 8.20. The van der Waals surface area contributed by atoms with Gasteiger partial charge in [-0.15, -0.1) is 0 Å². The summed E-state index contributed by atoms with van der Waals surface area (Å²) in [5, 5.41) is 9.63. The van der Waals surface area contributed by atoms with E-state index in [0.717, 1.165) is 5.56 Å². The Morgan fingerprint density at radius 2 is 1.88 bits per heavy atom. The van der Waals surface area contributed by atoms with E-state index in [0.29, 0.717) is 22.4 Å². The van der Waals surface area contributed by atoms with Crippen LogP contribution in [0, 0.1) is 11.8 Å². The van der Waals surface area contributed by atoms with Crippen LogP contribution in [0.25, 0.3) is 11.3 Å². The molecule has 2 aromatic carbocycles. The Bertz CT molecular complexity index is 1310. The van der Waals surface area contributed by atoms with Gasteiger partial charge in [0.05, 0.1) is 17.4 Å². The summed E-state index contributed by atoms with van der Waals surface area (Å²) in [4.78, 5) is 22.4. The van der Waals surface area contributed by atoms with Gasteiger partial charge in [0.25, 0.3) is 5.92 Å². The fraction of sp³-hybridized carbons (Fsp3) is 0.240. The molecule has 0 unspecified atom stereocenters. The van der Waals surface area contributed by atoms with Gasteiger partial charge in [-0.05, 0) is 30.7 Å². The molecule has 1 fully saturated rings. The number of nitrogens with two attached hydrogens (primary N) is 1. The number of aliphatic hydroxyl groups excluding tert-OH is 1. The molecular formula is C25H20F2N4O2. The average Bonchev–Trinajstić information content (AvgIpc) is 3.10. The number of β-amino-alcohol motifs (C(OH)–C–C–N with tert-alkyl or cyclic N) is 1. The van der Waals surface area contributed by atoms with E-state index in [9.17, 15) is 18.7 Å². The van der Waals surface area contributed by atoms with Crippen LogP contribution in [0.4, 0.5) is 14.7 Å². The maximum absolute atomic E-state index is 14.6. The molecule has 3 N–H and O–H groups in total. The van der Waals surface area contributed by atoms with E-state index in [1.54, 1.807) is 23.1 Å². The molecule has 33 heavy (non-hydrogen) atoms. The summed E-state index contributed by atoms with van der Waals surface area (Å²) in [5.74, 6) is 2.47. The molecule has 1 aromatic heterocycles. The smallest absolute Gasteiger partial charge is 0.290 e. The molecule has 1 aliphatic carbocycles. The van der Waals surface area contributed by atoms with Crippen molar-refractivity contribution in [1.29, 1.82) is 0 Å². The van der Waals surface area contributed by atoms with Gasteiger partial charge >= 0.3 is 0 Å². The Labute approximate surface area is 189 Å². The number of hydrogen-bond donors (Lipinski definition) is 2. The molecule has 166 valence electrons. The van der Waals surface area contributed by atoms with E-state index in [2.05, 4.69) is 21.8 Å². The molecule has 0 bridgehead atoms. The van der Waals surface area contributed by atoms with Crippen molar-refractivity contribution in [3.63, 3.8) is 0 Å². The summed E-state index contributed by atoms with van der Waals surface area (Å²) < 4.78 is 29.2. The monoisotopic (exact) mass is 446 g/mol. The predicted octanol–water partition coefficient (Wildman–Crippen LogP) is 2.86. The van der Waals surface area contributed by atoms with Crippen LogP contribution in [0.3, 0.4) is 0 Å². The lowest BCUT2D eigenvalue weighted by molar-refractivity contribution is -0.00597. The van der Waals surface area contributed by atoms with E-state index in [1.807, 2.05) is 30.3 Å². The molecule has 0 radical (unpaired) electrons. The van der Waals surface area contributed by atoms with Gasteiger partial charge < -0.3 is 15.7 Å². The minimum Gasteiger partial charge on any atom is -0.389 e. The number of nitrogens with zero attached hydrogens (tertiary/aromatic N) is 3. The zero-order valence-corrected chi connectivity index (χ0v) is 17.6. The van der Waals surface area contributed by atoms with Crippen LogP contribution in [0.1, 0.15) is 39.2 Å². The number of carbonyl (C=O) groups excluding carboxylic acids is 1. The van der Waals surface area contributed by atoms with Crippen LogP contribution in [0.15, 0.2) is 48.5 Å². The number of amides is 1. The molecule has 3 aromatic rings. The van der Waals surface area contributed by atoms with E-state index in [1.165, 1.54) is 0 Å². The molecule has 1 aliphatic heterocycles. The Morgan fingerprint density at radius 1 is 1.12 bits per heavy atom. The van der Waals surface area contributed by atoms with Gasteiger partial charge in [-0.25, -0.2) is 9.97 Å². The Kier molecular flexibility index (Phi) is 5.06. The number of rotatable bonds is 3. The number of aromatic nitrogens is 2. The standard InChI is InChI=1S/C25H20F2N4O2/c26-25(27)11-10-20-21(29-24(30-22(20)25)31-13-18(32)14-31)17-8-9-19(23(28)33)16(12-17)7-6-15-4-2-1-3-5-15/h1-5,8-9,12,18,32H,10-11,13-14H2,(H2,28,33). The molecule has 8 heteroatoms. The van der Waals surface area contributed by atoms with Crippen LogP contribution >= 0.6 is 0 Å². The lowest BCUT2D eigenvalue weighted by Crippen LogP contribution is -2.51.